The SMILES string of the molecule is Cc1ccc(-c2nc(C(=O)OCC(=O)N3[C@H](C)CCC[C@H]3C)cs2)cc1. The molecule has 0 aliphatic carbocycles. The highest BCUT2D eigenvalue weighted by atomic mass is 32.1. The van der Waals surface area contributed by atoms with E-state index in [1.807, 2.05) is 49.9 Å². The second-order valence-corrected chi connectivity index (χ2v) is 7.77. The molecule has 6 heteroatoms. The van der Waals surface area contributed by atoms with Crippen LogP contribution in [0.2, 0.25) is 0 Å². The smallest absolute Gasteiger partial charge is 0.358 e. The molecule has 0 bridgehead atoms. The van der Waals surface area contributed by atoms with Crippen molar-refractivity contribution in [3.05, 3.63) is 40.9 Å². The number of rotatable bonds is 4. The highest BCUT2D eigenvalue weighted by molar-refractivity contribution is 7.13. The van der Waals surface area contributed by atoms with Gasteiger partial charge in [-0.05, 0) is 40.0 Å². The maximum absolute atomic E-state index is 12.4. The quantitative estimate of drug-likeness (QED) is 0.759. The second kappa shape index (κ2) is 7.99. The molecule has 3 rings (SSSR count). The second-order valence-electron chi connectivity index (χ2n) is 6.91. The number of esters is 1. The summed E-state index contributed by atoms with van der Waals surface area (Å²) in [5.41, 5.74) is 2.38. The van der Waals surface area contributed by atoms with Crippen molar-refractivity contribution in [1.82, 2.24) is 9.88 Å². The molecule has 1 aliphatic heterocycles. The molecule has 1 saturated heterocycles. The summed E-state index contributed by atoms with van der Waals surface area (Å²) < 4.78 is 5.22. The highest BCUT2D eigenvalue weighted by Gasteiger charge is 2.29. The lowest BCUT2D eigenvalue weighted by Crippen LogP contribution is -2.49. The van der Waals surface area contributed by atoms with E-state index in [0.29, 0.717) is 0 Å². The Hall–Kier alpha value is -2.21. The number of ether oxygens (including phenoxy) is 1. The van der Waals surface area contributed by atoms with E-state index in [9.17, 15) is 9.59 Å². The molecule has 0 saturated carbocycles. The minimum absolute atomic E-state index is 0.132. The highest BCUT2D eigenvalue weighted by Crippen LogP contribution is 2.25. The third-order valence-corrected chi connectivity index (χ3v) is 5.71. The summed E-state index contributed by atoms with van der Waals surface area (Å²) in [4.78, 5) is 30.9. The Balaban J connectivity index is 1.60. The van der Waals surface area contributed by atoms with Gasteiger partial charge in [-0.2, -0.15) is 0 Å². The normalized spacial score (nSPS) is 20.0. The molecule has 26 heavy (non-hydrogen) atoms. The molecule has 1 aromatic carbocycles. The zero-order valence-corrected chi connectivity index (χ0v) is 16.2. The Labute approximate surface area is 158 Å². The molecule has 0 unspecified atom stereocenters. The van der Waals surface area contributed by atoms with E-state index in [0.717, 1.165) is 29.8 Å². The summed E-state index contributed by atoms with van der Waals surface area (Å²) in [5.74, 6) is -0.683. The standard InChI is InChI=1S/C20H24N2O3S/c1-13-7-9-16(10-8-13)19-21-17(12-26-19)20(24)25-11-18(23)22-14(2)5-4-6-15(22)3/h7-10,12,14-15H,4-6,11H2,1-3H3/t14-,15-/m1/s1. The van der Waals surface area contributed by atoms with Crippen LogP contribution in [0, 0.1) is 6.92 Å². The maximum Gasteiger partial charge on any atom is 0.358 e. The molecule has 2 heterocycles. The van der Waals surface area contributed by atoms with Gasteiger partial charge in [-0.15, -0.1) is 11.3 Å². The Morgan fingerprint density at radius 3 is 2.50 bits per heavy atom. The Kier molecular flexibility index (Phi) is 5.71. The van der Waals surface area contributed by atoms with Crippen LogP contribution in [0.3, 0.4) is 0 Å². The van der Waals surface area contributed by atoms with Crippen LogP contribution in [0.15, 0.2) is 29.6 Å². The number of hydrogen-bond acceptors (Lipinski definition) is 5. The number of benzene rings is 1. The van der Waals surface area contributed by atoms with Gasteiger partial charge < -0.3 is 9.64 Å². The predicted molar refractivity (Wildman–Crippen MR) is 102 cm³/mol. The fourth-order valence-electron chi connectivity index (χ4n) is 3.38. The van der Waals surface area contributed by atoms with E-state index >= 15 is 0 Å². The van der Waals surface area contributed by atoms with E-state index in [1.165, 1.54) is 16.9 Å². The molecular formula is C20H24N2O3S. The number of likely N-dealkylation sites (tertiary alicyclic amines) is 1. The van der Waals surface area contributed by atoms with Crippen molar-refractivity contribution in [3.8, 4) is 10.6 Å². The Morgan fingerprint density at radius 1 is 1.19 bits per heavy atom. The van der Waals surface area contributed by atoms with Gasteiger partial charge in [0.25, 0.3) is 5.91 Å². The monoisotopic (exact) mass is 372 g/mol. The fraction of sp³-hybridized carbons (Fsp3) is 0.450. The molecule has 1 aromatic heterocycles. The molecule has 2 aromatic rings. The summed E-state index contributed by atoms with van der Waals surface area (Å²) in [7, 11) is 0. The number of amides is 1. The summed E-state index contributed by atoms with van der Waals surface area (Å²) in [6, 6.07) is 8.36. The zero-order valence-electron chi connectivity index (χ0n) is 15.4. The summed E-state index contributed by atoms with van der Waals surface area (Å²) in [6.07, 6.45) is 3.12. The van der Waals surface area contributed by atoms with E-state index in [1.54, 1.807) is 5.38 Å². The van der Waals surface area contributed by atoms with Gasteiger partial charge in [0.2, 0.25) is 0 Å². The summed E-state index contributed by atoms with van der Waals surface area (Å²) in [6.45, 7) is 5.88. The average Bonchev–Trinajstić information content (AvgIpc) is 3.10. The van der Waals surface area contributed by atoms with Gasteiger partial charge in [0.05, 0.1) is 0 Å². The molecule has 5 nitrogen and oxygen atoms in total. The molecule has 0 radical (unpaired) electrons. The van der Waals surface area contributed by atoms with Crippen LogP contribution in [-0.4, -0.2) is 40.5 Å². The van der Waals surface area contributed by atoms with E-state index in [-0.39, 0.29) is 30.3 Å². The van der Waals surface area contributed by atoms with Gasteiger partial charge >= 0.3 is 5.97 Å². The van der Waals surface area contributed by atoms with Crippen LogP contribution >= 0.6 is 11.3 Å². The first-order valence-corrected chi connectivity index (χ1v) is 9.84. The number of thiazole rings is 1. The number of piperidine rings is 1. The summed E-state index contributed by atoms with van der Waals surface area (Å²) in [5, 5.41) is 2.44. The van der Waals surface area contributed by atoms with Gasteiger partial charge in [0.15, 0.2) is 12.3 Å². The van der Waals surface area contributed by atoms with Crippen LogP contribution in [0.5, 0.6) is 0 Å². The first kappa shape index (κ1) is 18.6. The molecule has 0 spiro atoms. The van der Waals surface area contributed by atoms with Crippen molar-refractivity contribution in [2.45, 2.75) is 52.1 Å². The third kappa shape index (κ3) is 4.12. The molecule has 1 amide bonds. The molecule has 1 fully saturated rings. The molecule has 138 valence electrons. The van der Waals surface area contributed by atoms with Gasteiger partial charge in [-0.3, -0.25) is 4.79 Å². The number of hydrogen-bond donors (Lipinski definition) is 0. The molecule has 2 atom stereocenters. The molecule has 1 aliphatic rings. The van der Waals surface area contributed by atoms with Crippen molar-refractivity contribution in [2.24, 2.45) is 0 Å². The minimum Gasteiger partial charge on any atom is -0.451 e. The minimum atomic E-state index is -0.551. The van der Waals surface area contributed by atoms with Crippen molar-refractivity contribution in [1.29, 1.82) is 0 Å². The lowest BCUT2D eigenvalue weighted by atomic mass is 9.97. The summed E-state index contributed by atoms with van der Waals surface area (Å²) >= 11 is 1.39. The zero-order chi connectivity index (χ0) is 18.7. The van der Waals surface area contributed by atoms with Gasteiger partial charge in [-0.25, -0.2) is 9.78 Å². The van der Waals surface area contributed by atoms with Gasteiger partial charge in [0.1, 0.15) is 5.01 Å². The Morgan fingerprint density at radius 2 is 1.85 bits per heavy atom. The van der Waals surface area contributed by atoms with Crippen LogP contribution in [-0.2, 0) is 9.53 Å². The first-order chi connectivity index (χ1) is 12.5. The average molecular weight is 372 g/mol. The maximum atomic E-state index is 12.4. The predicted octanol–water partition coefficient (Wildman–Crippen LogP) is 4.06. The fourth-order valence-corrected chi connectivity index (χ4v) is 4.18. The Bertz CT molecular complexity index is 775. The lowest BCUT2D eigenvalue weighted by molar-refractivity contribution is -0.140. The van der Waals surface area contributed by atoms with E-state index in [2.05, 4.69) is 4.98 Å². The van der Waals surface area contributed by atoms with Crippen molar-refractivity contribution in [2.75, 3.05) is 6.61 Å². The van der Waals surface area contributed by atoms with E-state index in [4.69, 9.17) is 4.74 Å². The van der Waals surface area contributed by atoms with Crippen molar-refractivity contribution < 1.29 is 14.3 Å². The third-order valence-electron chi connectivity index (χ3n) is 4.82. The van der Waals surface area contributed by atoms with Crippen LogP contribution in [0.4, 0.5) is 0 Å². The number of carbonyl (C=O) groups is 2. The van der Waals surface area contributed by atoms with Crippen molar-refractivity contribution in [3.63, 3.8) is 0 Å². The van der Waals surface area contributed by atoms with Crippen molar-refractivity contribution >= 4 is 23.2 Å². The van der Waals surface area contributed by atoms with Crippen LogP contribution in [0.25, 0.3) is 10.6 Å². The first-order valence-electron chi connectivity index (χ1n) is 8.96. The lowest BCUT2D eigenvalue weighted by Gasteiger charge is -2.38. The van der Waals surface area contributed by atoms with Gasteiger partial charge in [-0.1, -0.05) is 29.8 Å². The topological polar surface area (TPSA) is 59.5 Å². The van der Waals surface area contributed by atoms with Gasteiger partial charge in [0, 0.05) is 23.0 Å². The number of aryl methyl sites for hydroxylation is 1. The van der Waals surface area contributed by atoms with E-state index < -0.39 is 5.97 Å². The number of aromatic nitrogens is 1. The van der Waals surface area contributed by atoms with Crippen LogP contribution < -0.4 is 0 Å². The number of nitrogens with zero attached hydrogens (tertiary/aromatic N) is 2. The number of carbonyl (C=O) groups excluding carboxylic acids is 2. The largest absolute Gasteiger partial charge is 0.451 e. The molecular weight excluding hydrogens is 348 g/mol. The van der Waals surface area contributed by atoms with Crippen LogP contribution in [0.1, 0.15) is 49.2 Å². The molecule has 0 N–H and O–H groups in total.